The normalized spacial score (nSPS) is 15.3. The number of benzene rings is 2. The highest BCUT2D eigenvalue weighted by atomic mass is 32.3. The van der Waals surface area contributed by atoms with Crippen molar-refractivity contribution in [3.05, 3.63) is 77.7 Å². The molecule has 1 aliphatic rings. The maximum Gasteiger partial charge on any atom is 0.252 e. The molecule has 0 atom stereocenters. The molecule has 0 bridgehead atoms. The summed E-state index contributed by atoms with van der Waals surface area (Å²) in [7, 11) is -3.40. The van der Waals surface area contributed by atoms with E-state index in [1.165, 1.54) is 0 Å². The van der Waals surface area contributed by atoms with Crippen molar-refractivity contribution >= 4 is 39.4 Å². The number of nitrogens with one attached hydrogen (secondary N) is 2. The van der Waals surface area contributed by atoms with Gasteiger partial charge in [-0.3, -0.25) is 23.2 Å². The lowest BCUT2D eigenvalue weighted by Gasteiger charge is -2.34. The second-order valence-corrected chi connectivity index (χ2v) is 10.7. The Bertz CT molecular complexity index is 1550. The lowest BCUT2D eigenvalue weighted by atomic mass is 10.1. The van der Waals surface area contributed by atoms with Crippen LogP contribution < -0.4 is 20.5 Å². The van der Waals surface area contributed by atoms with Crippen LogP contribution in [-0.4, -0.2) is 47.5 Å². The Hall–Kier alpha value is -4.13. The molecule has 2 aromatic heterocycles. The van der Waals surface area contributed by atoms with E-state index in [0.29, 0.717) is 28.4 Å². The summed E-state index contributed by atoms with van der Waals surface area (Å²) >= 11 is 0. The predicted molar refractivity (Wildman–Crippen MR) is 144 cm³/mol. The molecule has 0 aliphatic carbocycles. The van der Waals surface area contributed by atoms with Crippen molar-refractivity contribution < 1.29 is 18.6 Å². The third kappa shape index (κ3) is 4.94. The number of imidazole rings is 1. The molecule has 192 valence electrons. The van der Waals surface area contributed by atoms with E-state index in [-0.39, 0.29) is 18.3 Å². The molecule has 3 heterocycles. The van der Waals surface area contributed by atoms with Gasteiger partial charge >= 0.3 is 0 Å². The van der Waals surface area contributed by atoms with Crippen molar-refractivity contribution in [1.82, 2.24) is 19.9 Å². The number of aryl methyl sites for hydroxylation is 1. The average Bonchev–Trinajstić information content (AvgIpc) is 3.17. The highest BCUT2D eigenvalue weighted by molar-refractivity contribution is 8.24. The van der Waals surface area contributed by atoms with Gasteiger partial charge in [0, 0.05) is 11.8 Å². The fourth-order valence-corrected chi connectivity index (χ4v) is 5.02. The quantitative estimate of drug-likeness (QED) is 0.254. The van der Waals surface area contributed by atoms with E-state index in [2.05, 4.69) is 24.4 Å². The number of fused-ring (bicyclic) bond motifs is 2. The summed E-state index contributed by atoms with van der Waals surface area (Å²) in [6, 6.07) is 16.2. The van der Waals surface area contributed by atoms with Gasteiger partial charge in [0.2, 0.25) is 0 Å². The molecule has 12 heteroatoms. The number of pyridine rings is 1. The van der Waals surface area contributed by atoms with Crippen molar-refractivity contribution in [3.63, 3.8) is 0 Å². The zero-order valence-electron chi connectivity index (χ0n) is 20.5. The number of hydrogen-bond donors (Lipinski definition) is 5. The molecule has 11 nitrogen and oxygen atoms in total. The number of ether oxygens (including phenoxy) is 1. The molecule has 0 fully saturated rings. The number of aromatic nitrogens is 3. The van der Waals surface area contributed by atoms with Gasteiger partial charge in [-0.05, 0) is 68.1 Å². The SMILES string of the molecule is Cc1nc2ccccc2n1-c1cc(C(=O)NC(C)(C)COc2cccc3c2C(N)=NS(O)(O)N3)ccn1. The lowest BCUT2D eigenvalue weighted by molar-refractivity contribution is 0.0880. The molecule has 0 spiro atoms. The monoisotopic (exact) mass is 521 g/mol. The lowest BCUT2D eigenvalue weighted by Crippen LogP contribution is -2.48. The molecule has 2 aromatic carbocycles. The van der Waals surface area contributed by atoms with Crippen molar-refractivity contribution in [2.45, 2.75) is 26.3 Å². The summed E-state index contributed by atoms with van der Waals surface area (Å²) in [4.78, 5) is 22.2. The highest BCUT2D eigenvalue weighted by Crippen LogP contribution is 2.46. The third-order valence-electron chi connectivity index (χ3n) is 5.76. The van der Waals surface area contributed by atoms with Crippen LogP contribution in [0.4, 0.5) is 5.69 Å². The summed E-state index contributed by atoms with van der Waals surface area (Å²) in [5, 5.41) is 3.00. The van der Waals surface area contributed by atoms with Crippen LogP contribution in [0.3, 0.4) is 0 Å². The van der Waals surface area contributed by atoms with Gasteiger partial charge in [-0.15, -0.1) is 4.40 Å². The summed E-state index contributed by atoms with van der Waals surface area (Å²) in [6.45, 7) is 5.68. The Balaban J connectivity index is 1.33. The van der Waals surface area contributed by atoms with Gasteiger partial charge in [0.1, 0.15) is 24.0 Å². The zero-order chi connectivity index (χ0) is 26.4. The molecule has 5 rings (SSSR count). The summed E-state index contributed by atoms with van der Waals surface area (Å²) in [5.41, 5.74) is 8.23. The molecule has 0 saturated carbocycles. The highest BCUT2D eigenvalue weighted by Gasteiger charge is 2.27. The van der Waals surface area contributed by atoms with E-state index in [1.807, 2.05) is 49.6 Å². The van der Waals surface area contributed by atoms with Crippen molar-refractivity contribution in [3.8, 4) is 11.6 Å². The smallest absolute Gasteiger partial charge is 0.252 e. The molecule has 0 saturated heterocycles. The number of para-hydroxylation sites is 2. The van der Waals surface area contributed by atoms with Crippen LogP contribution in [0.25, 0.3) is 16.9 Å². The fourth-order valence-electron chi connectivity index (χ4n) is 4.15. The fraction of sp³-hybridized carbons (Fsp3) is 0.200. The molecule has 1 aliphatic heterocycles. The second kappa shape index (κ2) is 9.07. The van der Waals surface area contributed by atoms with Crippen LogP contribution in [-0.2, 0) is 0 Å². The second-order valence-electron chi connectivity index (χ2n) is 9.29. The van der Waals surface area contributed by atoms with E-state index < -0.39 is 16.5 Å². The summed E-state index contributed by atoms with van der Waals surface area (Å²) in [6.07, 6.45) is 1.59. The van der Waals surface area contributed by atoms with Crippen LogP contribution in [0.15, 0.2) is 65.2 Å². The standard InChI is InChI=1S/C25H27N7O4S/c1-15-28-17-7-4-5-9-19(17)32(15)21-13-16(11-12-27-21)24(33)29-25(2,3)14-36-20-10-6-8-18-22(20)23(26)31-37(34,35)30-18/h4-13,30,34-35H,14H2,1-3H3,(H2,26,31)(H,29,33). The molecule has 0 radical (unpaired) electrons. The first kappa shape index (κ1) is 24.6. The van der Waals surface area contributed by atoms with Gasteiger partial charge in [-0.1, -0.05) is 18.2 Å². The van der Waals surface area contributed by atoms with Crippen LogP contribution in [0.1, 0.15) is 35.6 Å². The minimum atomic E-state index is -3.40. The molecular formula is C25H27N7O4S. The summed E-state index contributed by atoms with van der Waals surface area (Å²) < 4.78 is 33.9. The molecule has 4 aromatic rings. The van der Waals surface area contributed by atoms with Crippen molar-refractivity contribution in [1.29, 1.82) is 0 Å². The number of nitrogens with zero attached hydrogens (tertiary/aromatic N) is 4. The van der Waals surface area contributed by atoms with Gasteiger partial charge in [-0.25, -0.2) is 9.97 Å². The predicted octanol–water partition coefficient (Wildman–Crippen LogP) is 4.03. The maximum atomic E-state index is 13.2. The number of hydrogen-bond acceptors (Lipinski definition) is 9. The number of nitrogens with two attached hydrogens (primary N) is 1. The van der Waals surface area contributed by atoms with Crippen LogP contribution in [0.2, 0.25) is 0 Å². The Labute approximate surface area is 215 Å². The number of rotatable bonds is 6. The third-order valence-corrected chi connectivity index (χ3v) is 6.71. The Kier molecular flexibility index (Phi) is 6.02. The van der Waals surface area contributed by atoms with E-state index in [9.17, 15) is 13.9 Å². The molecular weight excluding hydrogens is 494 g/mol. The number of carbonyl (C=O) groups is 1. The largest absolute Gasteiger partial charge is 0.490 e. The molecule has 37 heavy (non-hydrogen) atoms. The maximum absolute atomic E-state index is 13.2. The van der Waals surface area contributed by atoms with Gasteiger partial charge in [0.25, 0.3) is 5.91 Å². The molecule has 0 unspecified atom stereocenters. The van der Waals surface area contributed by atoms with Gasteiger partial charge < -0.3 is 15.8 Å². The van der Waals surface area contributed by atoms with Gasteiger partial charge in [0.15, 0.2) is 5.84 Å². The number of amides is 1. The van der Waals surface area contributed by atoms with Crippen molar-refractivity contribution in [2.24, 2.45) is 10.1 Å². The summed E-state index contributed by atoms with van der Waals surface area (Å²) in [5.74, 6) is 1.43. The van der Waals surface area contributed by atoms with Crippen molar-refractivity contribution in [2.75, 3.05) is 11.3 Å². The van der Waals surface area contributed by atoms with E-state index >= 15 is 0 Å². The van der Waals surface area contributed by atoms with E-state index in [1.54, 1.807) is 36.5 Å². The number of carbonyl (C=O) groups excluding carboxylic acids is 1. The number of anilines is 1. The van der Waals surface area contributed by atoms with Gasteiger partial charge in [-0.2, -0.15) is 0 Å². The first-order valence-electron chi connectivity index (χ1n) is 11.4. The Morgan fingerprint density at radius 2 is 1.97 bits per heavy atom. The minimum absolute atomic E-state index is 0.0437. The number of amidine groups is 1. The van der Waals surface area contributed by atoms with Crippen LogP contribution >= 0.6 is 11.0 Å². The van der Waals surface area contributed by atoms with Crippen LogP contribution in [0.5, 0.6) is 5.75 Å². The molecule has 1 amide bonds. The minimum Gasteiger partial charge on any atom is -0.490 e. The first-order valence-corrected chi connectivity index (χ1v) is 12.9. The van der Waals surface area contributed by atoms with E-state index in [0.717, 1.165) is 16.9 Å². The molecule has 6 N–H and O–H groups in total. The average molecular weight is 522 g/mol. The van der Waals surface area contributed by atoms with Crippen LogP contribution in [0, 0.1) is 6.92 Å². The Morgan fingerprint density at radius 3 is 2.78 bits per heavy atom. The first-order chi connectivity index (χ1) is 17.5. The zero-order valence-corrected chi connectivity index (χ0v) is 21.3. The van der Waals surface area contributed by atoms with Gasteiger partial charge in [0.05, 0.1) is 27.8 Å². The van der Waals surface area contributed by atoms with E-state index in [4.69, 9.17) is 10.5 Å². The topological polar surface area (TPSA) is 160 Å². The Morgan fingerprint density at radius 1 is 1.19 bits per heavy atom.